The summed E-state index contributed by atoms with van der Waals surface area (Å²) in [5.74, 6) is 0.784. The minimum absolute atomic E-state index is 0.0734. The maximum absolute atomic E-state index is 11.9. The monoisotopic (exact) mass is 317 g/mol. The number of hydrogen-bond donors (Lipinski definition) is 1. The molecule has 2 rings (SSSR count). The summed E-state index contributed by atoms with van der Waals surface area (Å²) in [4.78, 5) is 23.7. The molecule has 0 saturated heterocycles. The van der Waals surface area contributed by atoms with Crippen LogP contribution in [0.2, 0.25) is 0 Å². The van der Waals surface area contributed by atoms with Gasteiger partial charge in [0.25, 0.3) is 5.56 Å². The number of carbonyl (C=O) groups is 1. The third kappa shape index (κ3) is 4.51. The number of nitrogens with one attached hydrogen (secondary N) is 1. The first-order chi connectivity index (χ1) is 11.0. The molecule has 7 heteroatoms. The predicted molar refractivity (Wildman–Crippen MR) is 87.2 cm³/mol. The summed E-state index contributed by atoms with van der Waals surface area (Å²) in [5.41, 5.74) is 0.776. The van der Waals surface area contributed by atoms with Crippen molar-refractivity contribution in [3.05, 3.63) is 46.4 Å². The van der Waals surface area contributed by atoms with Crippen LogP contribution in [0.1, 0.15) is 37.8 Å². The van der Waals surface area contributed by atoms with Crippen LogP contribution < -0.4 is 10.9 Å². The van der Waals surface area contributed by atoms with Crippen LogP contribution in [-0.4, -0.2) is 31.8 Å². The summed E-state index contributed by atoms with van der Waals surface area (Å²) >= 11 is 0. The van der Waals surface area contributed by atoms with Crippen molar-refractivity contribution < 1.29 is 4.79 Å². The molecule has 1 N–H and O–H groups in total. The average Bonchev–Trinajstić information content (AvgIpc) is 2.95. The molecule has 0 bridgehead atoms. The van der Waals surface area contributed by atoms with E-state index in [2.05, 4.69) is 29.4 Å². The van der Waals surface area contributed by atoms with Gasteiger partial charge in [0.15, 0.2) is 0 Å². The van der Waals surface area contributed by atoms with Gasteiger partial charge >= 0.3 is 0 Å². The molecule has 0 radical (unpaired) electrons. The number of aryl methyl sites for hydroxylation is 1. The zero-order valence-corrected chi connectivity index (χ0v) is 13.8. The van der Waals surface area contributed by atoms with Gasteiger partial charge in [-0.3, -0.25) is 9.59 Å². The lowest BCUT2D eigenvalue weighted by atomic mass is 10.3. The van der Waals surface area contributed by atoms with Crippen LogP contribution in [0.5, 0.6) is 0 Å². The number of nitrogens with zero attached hydrogens (tertiary/aromatic N) is 4. The summed E-state index contributed by atoms with van der Waals surface area (Å²) in [6.45, 7) is 6.88. The first-order valence-corrected chi connectivity index (χ1v) is 7.80. The number of amides is 1. The van der Waals surface area contributed by atoms with E-state index in [4.69, 9.17) is 0 Å². The van der Waals surface area contributed by atoms with Gasteiger partial charge in [-0.1, -0.05) is 6.07 Å². The molecule has 7 nitrogen and oxygen atoms in total. The number of hydrogen-bond acceptors (Lipinski definition) is 4. The minimum atomic E-state index is -0.0807. The van der Waals surface area contributed by atoms with Crippen LogP contribution in [0.15, 0.2) is 29.3 Å². The fourth-order valence-corrected chi connectivity index (χ4v) is 2.40. The van der Waals surface area contributed by atoms with E-state index in [1.165, 1.54) is 6.07 Å². The Bertz CT molecular complexity index is 717. The molecule has 2 aromatic rings. The molecule has 23 heavy (non-hydrogen) atoms. The van der Waals surface area contributed by atoms with Crippen molar-refractivity contribution in [3.8, 4) is 0 Å². The van der Waals surface area contributed by atoms with Gasteiger partial charge in [-0.2, -0.15) is 0 Å². The van der Waals surface area contributed by atoms with Crippen molar-refractivity contribution in [2.75, 3.05) is 6.54 Å². The fourth-order valence-electron chi connectivity index (χ4n) is 2.40. The molecule has 2 heterocycles. The second kappa shape index (κ2) is 7.71. The Hall–Kier alpha value is -2.44. The van der Waals surface area contributed by atoms with Crippen molar-refractivity contribution in [1.29, 1.82) is 0 Å². The highest BCUT2D eigenvalue weighted by atomic mass is 16.1. The minimum Gasteiger partial charge on any atom is -0.356 e. The lowest BCUT2D eigenvalue weighted by molar-refractivity contribution is -0.121. The van der Waals surface area contributed by atoms with E-state index in [9.17, 15) is 9.59 Å². The highest BCUT2D eigenvalue weighted by Crippen LogP contribution is 2.06. The van der Waals surface area contributed by atoms with E-state index in [0.29, 0.717) is 25.6 Å². The van der Waals surface area contributed by atoms with Crippen LogP contribution >= 0.6 is 0 Å². The molecule has 0 aliphatic carbocycles. The van der Waals surface area contributed by atoms with Crippen molar-refractivity contribution in [2.45, 2.75) is 46.2 Å². The van der Waals surface area contributed by atoms with E-state index in [0.717, 1.165) is 11.5 Å². The molecule has 0 unspecified atom stereocenters. The third-order valence-corrected chi connectivity index (χ3v) is 3.70. The second-order valence-corrected chi connectivity index (χ2v) is 5.76. The van der Waals surface area contributed by atoms with Crippen molar-refractivity contribution in [1.82, 2.24) is 24.6 Å². The maximum Gasteiger partial charge on any atom is 0.250 e. The maximum atomic E-state index is 11.9. The first-order valence-electron chi connectivity index (χ1n) is 7.80. The fraction of sp³-hybridized carbons (Fsp3) is 0.500. The Labute approximate surface area is 135 Å². The van der Waals surface area contributed by atoms with E-state index in [-0.39, 0.29) is 17.9 Å². The van der Waals surface area contributed by atoms with Gasteiger partial charge in [0, 0.05) is 43.7 Å². The zero-order chi connectivity index (χ0) is 16.8. The molecular formula is C16H23N5O2. The quantitative estimate of drug-likeness (QED) is 0.828. The van der Waals surface area contributed by atoms with Crippen LogP contribution in [0.25, 0.3) is 0 Å². The van der Waals surface area contributed by atoms with Crippen molar-refractivity contribution in [2.24, 2.45) is 0 Å². The number of carbonyl (C=O) groups excluding carboxylic acids is 1. The molecule has 0 fully saturated rings. The van der Waals surface area contributed by atoms with Crippen LogP contribution in [-0.2, 0) is 17.8 Å². The Balaban J connectivity index is 1.80. The number of pyridine rings is 1. The Kier molecular flexibility index (Phi) is 5.67. The van der Waals surface area contributed by atoms with Gasteiger partial charge in [0.1, 0.15) is 12.2 Å². The lowest BCUT2D eigenvalue weighted by Crippen LogP contribution is -2.29. The van der Waals surface area contributed by atoms with Gasteiger partial charge in [-0.05, 0) is 26.8 Å². The number of rotatable bonds is 7. The summed E-state index contributed by atoms with van der Waals surface area (Å²) in [5, 5.41) is 10.8. The molecule has 0 saturated carbocycles. The molecule has 124 valence electrons. The second-order valence-electron chi connectivity index (χ2n) is 5.76. The first kappa shape index (κ1) is 16.9. The molecular weight excluding hydrogens is 294 g/mol. The van der Waals surface area contributed by atoms with Gasteiger partial charge in [0.05, 0.1) is 0 Å². The van der Waals surface area contributed by atoms with Gasteiger partial charge in [0.2, 0.25) is 5.91 Å². The van der Waals surface area contributed by atoms with Crippen molar-refractivity contribution in [3.63, 3.8) is 0 Å². The van der Waals surface area contributed by atoms with E-state index in [1.54, 1.807) is 17.0 Å². The molecule has 0 atom stereocenters. The molecule has 0 spiro atoms. The standard InChI is InChI=1S/C16H23N5O2/c1-12(2)21-11-18-19-14(21)7-9-17-15(22)8-10-20-13(3)5-4-6-16(20)23/h4-6,11-12H,7-10H2,1-3H3,(H,17,22). The zero-order valence-electron chi connectivity index (χ0n) is 13.8. The third-order valence-electron chi connectivity index (χ3n) is 3.70. The van der Waals surface area contributed by atoms with E-state index in [1.807, 2.05) is 17.6 Å². The van der Waals surface area contributed by atoms with Crippen LogP contribution in [0.4, 0.5) is 0 Å². The molecule has 2 aromatic heterocycles. The highest BCUT2D eigenvalue weighted by Gasteiger charge is 2.08. The Morgan fingerprint density at radius 3 is 2.83 bits per heavy atom. The molecule has 1 amide bonds. The smallest absolute Gasteiger partial charge is 0.250 e. The summed E-state index contributed by atoms with van der Waals surface area (Å²) < 4.78 is 3.59. The van der Waals surface area contributed by atoms with Gasteiger partial charge < -0.3 is 14.5 Å². The van der Waals surface area contributed by atoms with E-state index >= 15 is 0 Å². The van der Waals surface area contributed by atoms with Gasteiger partial charge in [-0.15, -0.1) is 10.2 Å². The highest BCUT2D eigenvalue weighted by molar-refractivity contribution is 5.75. The molecule has 0 aromatic carbocycles. The number of aromatic nitrogens is 4. The Morgan fingerprint density at radius 2 is 2.13 bits per heavy atom. The van der Waals surface area contributed by atoms with Crippen molar-refractivity contribution >= 4 is 5.91 Å². The topological polar surface area (TPSA) is 81.8 Å². The largest absolute Gasteiger partial charge is 0.356 e. The van der Waals surface area contributed by atoms with Crippen LogP contribution in [0, 0.1) is 6.92 Å². The van der Waals surface area contributed by atoms with E-state index < -0.39 is 0 Å². The van der Waals surface area contributed by atoms with Gasteiger partial charge in [-0.25, -0.2) is 0 Å². The SMILES string of the molecule is Cc1cccc(=O)n1CCC(=O)NCCc1nncn1C(C)C. The predicted octanol–water partition coefficient (Wildman–Crippen LogP) is 1.08. The summed E-state index contributed by atoms with van der Waals surface area (Å²) in [7, 11) is 0. The summed E-state index contributed by atoms with van der Waals surface area (Å²) in [6.07, 6.45) is 2.61. The average molecular weight is 317 g/mol. The summed E-state index contributed by atoms with van der Waals surface area (Å²) in [6, 6.07) is 5.38. The lowest BCUT2D eigenvalue weighted by Gasteiger charge is -2.11. The molecule has 0 aliphatic heterocycles. The van der Waals surface area contributed by atoms with Crippen LogP contribution in [0.3, 0.4) is 0 Å². The molecule has 0 aliphatic rings. The normalized spacial score (nSPS) is 11.0. The Morgan fingerprint density at radius 1 is 1.35 bits per heavy atom.